The summed E-state index contributed by atoms with van der Waals surface area (Å²) in [6.07, 6.45) is 3.34. The zero-order chi connectivity index (χ0) is 7.68. The van der Waals surface area contributed by atoms with Crippen molar-refractivity contribution in [3.8, 4) is 0 Å². The molecule has 56 valence electrons. The maximum Gasteiger partial charge on any atom is 0.272 e. The summed E-state index contributed by atoms with van der Waals surface area (Å²) in [6.45, 7) is 0. The van der Waals surface area contributed by atoms with Crippen LogP contribution < -0.4 is 5.48 Å². The van der Waals surface area contributed by atoms with Crippen LogP contribution in [0.5, 0.6) is 0 Å². The number of hydrogen-bond acceptors (Lipinski definition) is 4. The van der Waals surface area contributed by atoms with E-state index in [0.717, 1.165) is 0 Å². The standard InChI is InChI=1S/C6H5N3O2/c10-5-2-1-4-6(11-9-5)8-3-7-4/h1,3H,2H2,(H,9,10). The van der Waals surface area contributed by atoms with Crippen molar-refractivity contribution in [2.24, 2.45) is 9.98 Å². The minimum Gasteiger partial charge on any atom is -0.357 e. The zero-order valence-corrected chi connectivity index (χ0v) is 5.57. The fourth-order valence-corrected chi connectivity index (χ4v) is 0.820. The minimum atomic E-state index is -0.190. The van der Waals surface area contributed by atoms with Crippen LogP contribution >= 0.6 is 0 Å². The molecule has 1 amide bonds. The zero-order valence-electron chi connectivity index (χ0n) is 5.57. The number of fused-ring (bicyclic) bond motifs is 1. The van der Waals surface area contributed by atoms with Crippen molar-refractivity contribution in [3.05, 3.63) is 11.8 Å². The van der Waals surface area contributed by atoms with E-state index in [-0.39, 0.29) is 12.3 Å². The van der Waals surface area contributed by atoms with Gasteiger partial charge >= 0.3 is 0 Å². The number of hydroxylamine groups is 1. The lowest BCUT2D eigenvalue weighted by Gasteiger charge is -1.99. The molecule has 0 saturated carbocycles. The highest BCUT2D eigenvalue weighted by Gasteiger charge is 2.17. The second-order valence-electron chi connectivity index (χ2n) is 2.10. The topological polar surface area (TPSA) is 63.0 Å². The van der Waals surface area contributed by atoms with Gasteiger partial charge < -0.3 is 4.84 Å². The van der Waals surface area contributed by atoms with Crippen LogP contribution in [0.4, 0.5) is 0 Å². The van der Waals surface area contributed by atoms with Crippen molar-refractivity contribution >= 4 is 18.1 Å². The first-order valence-corrected chi connectivity index (χ1v) is 3.13. The first-order chi connectivity index (χ1) is 5.36. The van der Waals surface area contributed by atoms with Gasteiger partial charge in [-0.1, -0.05) is 0 Å². The summed E-state index contributed by atoms with van der Waals surface area (Å²) in [6, 6.07) is 0. The molecule has 0 spiro atoms. The molecular formula is C6H5N3O2. The van der Waals surface area contributed by atoms with Crippen LogP contribution in [0, 0.1) is 0 Å². The van der Waals surface area contributed by atoms with E-state index >= 15 is 0 Å². The van der Waals surface area contributed by atoms with Crippen LogP contribution in [0.25, 0.3) is 0 Å². The summed E-state index contributed by atoms with van der Waals surface area (Å²) in [5.41, 5.74) is 2.83. The molecule has 0 aliphatic carbocycles. The Kier molecular flexibility index (Phi) is 1.21. The van der Waals surface area contributed by atoms with Crippen LogP contribution in [0.2, 0.25) is 0 Å². The molecule has 5 heteroatoms. The Morgan fingerprint density at radius 1 is 1.64 bits per heavy atom. The Bertz CT molecular complexity index is 290. The smallest absolute Gasteiger partial charge is 0.272 e. The molecule has 0 aromatic heterocycles. The molecule has 2 aliphatic heterocycles. The van der Waals surface area contributed by atoms with Crippen molar-refractivity contribution in [2.45, 2.75) is 6.42 Å². The van der Waals surface area contributed by atoms with Crippen molar-refractivity contribution in [2.75, 3.05) is 0 Å². The van der Waals surface area contributed by atoms with E-state index in [1.807, 2.05) is 0 Å². The Morgan fingerprint density at radius 3 is 3.45 bits per heavy atom. The average Bonchev–Trinajstić information content (AvgIpc) is 2.38. The van der Waals surface area contributed by atoms with Gasteiger partial charge in [-0.3, -0.25) is 4.79 Å². The van der Waals surface area contributed by atoms with Crippen LogP contribution in [0.3, 0.4) is 0 Å². The number of carbonyl (C=O) groups excluding carboxylic acids is 1. The Morgan fingerprint density at radius 2 is 2.55 bits per heavy atom. The second kappa shape index (κ2) is 2.19. The number of rotatable bonds is 0. The summed E-state index contributed by atoms with van der Waals surface area (Å²) in [4.78, 5) is 23.2. The Hall–Kier alpha value is -1.65. The summed E-state index contributed by atoms with van der Waals surface area (Å²) < 4.78 is 0. The number of carbonyl (C=O) groups is 1. The fraction of sp³-hybridized carbons (Fsp3) is 0.167. The van der Waals surface area contributed by atoms with Gasteiger partial charge in [-0.05, 0) is 6.08 Å². The largest absolute Gasteiger partial charge is 0.357 e. The first-order valence-electron chi connectivity index (χ1n) is 3.13. The molecule has 0 atom stereocenters. The maximum atomic E-state index is 10.7. The maximum absolute atomic E-state index is 10.7. The van der Waals surface area contributed by atoms with E-state index < -0.39 is 0 Å². The molecule has 5 nitrogen and oxygen atoms in total. The molecule has 11 heavy (non-hydrogen) atoms. The van der Waals surface area contributed by atoms with Gasteiger partial charge in [0.1, 0.15) is 12.0 Å². The highest BCUT2D eigenvalue weighted by molar-refractivity contribution is 6.04. The minimum absolute atomic E-state index is 0.190. The van der Waals surface area contributed by atoms with Crippen molar-refractivity contribution in [1.29, 1.82) is 0 Å². The highest BCUT2D eigenvalue weighted by Crippen LogP contribution is 2.10. The van der Waals surface area contributed by atoms with Crippen molar-refractivity contribution in [3.63, 3.8) is 0 Å². The van der Waals surface area contributed by atoms with E-state index in [1.54, 1.807) is 6.08 Å². The second-order valence-corrected chi connectivity index (χ2v) is 2.10. The fourth-order valence-electron chi connectivity index (χ4n) is 0.820. The molecule has 0 aromatic carbocycles. The van der Waals surface area contributed by atoms with Gasteiger partial charge in [0.2, 0.25) is 0 Å². The molecule has 1 N–H and O–H groups in total. The number of aliphatic imine (C=N–C) groups is 2. The summed E-state index contributed by atoms with van der Waals surface area (Å²) in [5, 5.41) is 0. The number of nitrogens with one attached hydrogen (secondary N) is 1. The monoisotopic (exact) mass is 151 g/mol. The normalized spacial score (nSPS) is 20.9. The molecule has 0 saturated heterocycles. The first kappa shape index (κ1) is 6.09. The van der Waals surface area contributed by atoms with Gasteiger partial charge in [0.25, 0.3) is 11.8 Å². The van der Waals surface area contributed by atoms with Gasteiger partial charge in [0.15, 0.2) is 0 Å². The lowest BCUT2D eigenvalue weighted by Crippen LogP contribution is -2.23. The average molecular weight is 151 g/mol. The lowest BCUT2D eigenvalue weighted by molar-refractivity contribution is -0.127. The van der Waals surface area contributed by atoms with E-state index in [0.29, 0.717) is 11.6 Å². The molecule has 0 radical (unpaired) electrons. The Labute approximate surface area is 62.4 Å². The SMILES string of the molecule is O=C1CC=C2N=CN=C2ON1. The number of nitrogens with zero attached hydrogens (tertiary/aromatic N) is 2. The number of hydrogen-bond donors (Lipinski definition) is 1. The molecular weight excluding hydrogens is 146 g/mol. The summed E-state index contributed by atoms with van der Waals surface area (Å²) in [5.74, 6) is 0.167. The molecule has 2 heterocycles. The predicted molar refractivity (Wildman–Crippen MR) is 37.9 cm³/mol. The van der Waals surface area contributed by atoms with E-state index in [9.17, 15) is 4.79 Å². The van der Waals surface area contributed by atoms with Gasteiger partial charge in [0.05, 0.1) is 6.42 Å². The molecule has 0 unspecified atom stereocenters. The summed E-state index contributed by atoms with van der Waals surface area (Å²) in [7, 11) is 0. The number of amides is 1. The van der Waals surface area contributed by atoms with E-state index in [4.69, 9.17) is 4.84 Å². The Balaban J connectivity index is 2.29. The molecule has 0 aromatic rings. The predicted octanol–water partition coefficient (Wildman–Crippen LogP) is -0.238. The van der Waals surface area contributed by atoms with Gasteiger partial charge in [0, 0.05) is 0 Å². The van der Waals surface area contributed by atoms with Crippen LogP contribution in [-0.2, 0) is 9.63 Å². The van der Waals surface area contributed by atoms with Gasteiger partial charge in [-0.15, -0.1) is 0 Å². The summed E-state index contributed by atoms with van der Waals surface area (Å²) >= 11 is 0. The van der Waals surface area contributed by atoms with Crippen LogP contribution in [0.15, 0.2) is 21.8 Å². The quantitative estimate of drug-likeness (QED) is 0.519. The van der Waals surface area contributed by atoms with E-state index in [2.05, 4.69) is 15.5 Å². The molecule has 2 rings (SSSR count). The molecule has 0 bridgehead atoms. The third-order valence-corrected chi connectivity index (χ3v) is 1.33. The van der Waals surface area contributed by atoms with E-state index in [1.165, 1.54) is 6.34 Å². The van der Waals surface area contributed by atoms with Crippen LogP contribution in [-0.4, -0.2) is 18.1 Å². The highest BCUT2D eigenvalue weighted by atomic mass is 16.7. The molecule has 2 aliphatic rings. The lowest BCUT2D eigenvalue weighted by atomic mass is 10.3. The van der Waals surface area contributed by atoms with Gasteiger partial charge in [-0.25, -0.2) is 4.99 Å². The van der Waals surface area contributed by atoms with Crippen molar-refractivity contribution in [1.82, 2.24) is 5.48 Å². The third kappa shape index (κ3) is 1.000. The van der Waals surface area contributed by atoms with Crippen molar-refractivity contribution < 1.29 is 9.63 Å². The third-order valence-electron chi connectivity index (χ3n) is 1.33. The van der Waals surface area contributed by atoms with Gasteiger partial charge in [-0.2, -0.15) is 10.5 Å². The molecule has 0 fully saturated rings. The van der Waals surface area contributed by atoms with Crippen LogP contribution in [0.1, 0.15) is 6.42 Å².